The van der Waals surface area contributed by atoms with Crippen LogP contribution in [0.5, 0.6) is 0 Å². The van der Waals surface area contributed by atoms with E-state index in [9.17, 15) is 5.11 Å². The average molecular weight is 158 g/mol. The molecule has 11 heavy (non-hydrogen) atoms. The molecule has 0 aromatic rings. The van der Waals surface area contributed by atoms with Crippen LogP contribution in [0, 0.1) is 0 Å². The van der Waals surface area contributed by atoms with Crippen LogP contribution < -0.4 is 11.1 Å². The maximum Gasteiger partial charge on any atom is 0.0815 e. The number of nitrogens with two attached hydrogens (primary N) is 1. The molecule has 4 N–H and O–H groups in total. The molecule has 0 bridgehead atoms. The van der Waals surface area contributed by atoms with Gasteiger partial charge in [-0.25, -0.2) is 0 Å². The molecule has 0 amide bonds. The molecule has 66 valence electrons. The molecular weight excluding hydrogens is 140 g/mol. The number of hydrogen-bond donors (Lipinski definition) is 3. The summed E-state index contributed by atoms with van der Waals surface area (Å²) < 4.78 is 0. The zero-order valence-corrected chi connectivity index (χ0v) is 6.92. The molecule has 2 atom stereocenters. The fourth-order valence-corrected chi connectivity index (χ4v) is 1.55. The van der Waals surface area contributed by atoms with Gasteiger partial charge in [-0.2, -0.15) is 0 Å². The van der Waals surface area contributed by atoms with Crippen LogP contribution in [0.15, 0.2) is 0 Å². The fraction of sp³-hybridized carbons (Fsp3) is 1.00. The molecule has 1 fully saturated rings. The molecule has 2 unspecified atom stereocenters. The van der Waals surface area contributed by atoms with E-state index in [1.54, 1.807) is 0 Å². The summed E-state index contributed by atoms with van der Waals surface area (Å²) in [6, 6.07) is 0.238. The zero-order valence-electron chi connectivity index (χ0n) is 6.92. The van der Waals surface area contributed by atoms with Crippen LogP contribution in [0.25, 0.3) is 0 Å². The minimum absolute atomic E-state index is 0.238. The van der Waals surface area contributed by atoms with Crippen LogP contribution >= 0.6 is 0 Å². The van der Waals surface area contributed by atoms with Crippen molar-refractivity contribution >= 4 is 0 Å². The second-order valence-corrected chi connectivity index (χ2v) is 3.21. The maximum absolute atomic E-state index is 9.42. The molecule has 3 nitrogen and oxygen atoms in total. The predicted molar refractivity (Wildman–Crippen MR) is 45.3 cm³/mol. The van der Waals surface area contributed by atoms with E-state index in [2.05, 4.69) is 5.32 Å². The predicted octanol–water partition coefficient (Wildman–Crippen LogP) is -0.162. The van der Waals surface area contributed by atoms with E-state index >= 15 is 0 Å². The fourth-order valence-electron chi connectivity index (χ4n) is 1.55. The van der Waals surface area contributed by atoms with E-state index in [4.69, 9.17) is 5.73 Å². The Morgan fingerprint density at radius 3 is 3.00 bits per heavy atom. The monoisotopic (exact) mass is 158 g/mol. The highest BCUT2D eigenvalue weighted by molar-refractivity contribution is 4.78. The van der Waals surface area contributed by atoms with Crippen LogP contribution in [0.4, 0.5) is 0 Å². The summed E-state index contributed by atoms with van der Waals surface area (Å²) in [6.45, 7) is 1.40. The van der Waals surface area contributed by atoms with Crippen molar-refractivity contribution in [3.8, 4) is 0 Å². The molecule has 3 heteroatoms. The minimum atomic E-state index is -0.354. The summed E-state index contributed by atoms with van der Waals surface area (Å²) in [7, 11) is 0. The molecule has 0 spiro atoms. The van der Waals surface area contributed by atoms with E-state index in [0.717, 1.165) is 13.0 Å². The topological polar surface area (TPSA) is 58.3 Å². The first-order valence-corrected chi connectivity index (χ1v) is 4.46. The molecule has 1 heterocycles. The van der Waals surface area contributed by atoms with Crippen LogP contribution in [-0.4, -0.2) is 30.3 Å². The number of hydrogen-bond acceptors (Lipinski definition) is 3. The standard InChI is InChI=1S/C8H18N2O/c9-6-8(11)7-4-2-1-3-5-10-7/h7-8,10-11H,1-6,9H2. The number of nitrogens with one attached hydrogen (secondary N) is 1. The van der Waals surface area contributed by atoms with E-state index in [1.807, 2.05) is 0 Å². The minimum Gasteiger partial charge on any atom is -0.390 e. The van der Waals surface area contributed by atoms with Gasteiger partial charge in [-0.15, -0.1) is 0 Å². The highest BCUT2D eigenvalue weighted by Crippen LogP contribution is 2.10. The lowest BCUT2D eigenvalue weighted by Gasteiger charge is -2.20. The molecule has 0 aromatic heterocycles. The van der Waals surface area contributed by atoms with Gasteiger partial charge in [0.05, 0.1) is 6.10 Å². The molecule has 0 aliphatic carbocycles. The number of aliphatic hydroxyl groups excluding tert-OH is 1. The summed E-state index contributed by atoms with van der Waals surface area (Å²) in [5, 5.41) is 12.7. The lowest BCUT2D eigenvalue weighted by molar-refractivity contribution is 0.132. The molecule has 1 aliphatic heterocycles. The van der Waals surface area contributed by atoms with Crippen molar-refractivity contribution in [3.63, 3.8) is 0 Å². The first-order chi connectivity index (χ1) is 5.34. The van der Waals surface area contributed by atoms with E-state index in [0.29, 0.717) is 6.54 Å². The Bertz CT molecular complexity index is 100. The normalized spacial score (nSPS) is 29.5. The Kier molecular flexibility index (Phi) is 3.83. The van der Waals surface area contributed by atoms with Gasteiger partial charge in [0.1, 0.15) is 0 Å². The van der Waals surface area contributed by atoms with Crippen LogP contribution in [0.3, 0.4) is 0 Å². The average Bonchev–Trinajstić information content (AvgIpc) is 2.30. The van der Waals surface area contributed by atoms with Crippen molar-refractivity contribution in [2.45, 2.75) is 37.8 Å². The zero-order chi connectivity index (χ0) is 8.10. The van der Waals surface area contributed by atoms with Gasteiger partial charge in [0.2, 0.25) is 0 Å². The first kappa shape index (κ1) is 8.97. The number of rotatable bonds is 2. The third-order valence-electron chi connectivity index (χ3n) is 2.30. The summed E-state index contributed by atoms with van der Waals surface area (Å²) in [4.78, 5) is 0. The van der Waals surface area contributed by atoms with Crippen molar-refractivity contribution in [3.05, 3.63) is 0 Å². The Labute approximate surface area is 68.0 Å². The highest BCUT2D eigenvalue weighted by Gasteiger charge is 2.18. The molecule has 1 rings (SSSR count). The molecule has 1 saturated heterocycles. The lowest BCUT2D eigenvalue weighted by Crippen LogP contribution is -2.43. The summed E-state index contributed by atoms with van der Waals surface area (Å²) >= 11 is 0. The Morgan fingerprint density at radius 1 is 1.45 bits per heavy atom. The van der Waals surface area contributed by atoms with Gasteiger partial charge in [0, 0.05) is 12.6 Å². The molecular formula is C8H18N2O. The second-order valence-electron chi connectivity index (χ2n) is 3.21. The molecule has 0 saturated carbocycles. The van der Waals surface area contributed by atoms with Crippen LogP contribution in [0.2, 0.25) is 0 Å². The molecule has 0 aromatic carbocycles. The Hall–Kier alpha value is -0.120. The Balaban J connectivity index is 2.30. The summed E-state index contributed by atoms with van der Waals surface area (Å²) in [5.74, 6) is 0. The van der Waals surface area contributed by atoms with Gasteiger partial charge in [-0.1, -0.05) is 12.8 Å². The molecule has 1 aliphatic rings. The van der Waals surface area contributed by atoms with Crippen LogP contribution in [0.1, 0.15) is 25.7 Å². The van der Waals surface area contributed by atoms with Crippen LogP contribution in [-0.2, 0) is 0 Å². The maximum atomic E-state index is 9.42. The first-order valence-electron chi connectivity index (χ1n) is 4.46. The SMILES string of the molecule is NCC(O)C1CCCCCN1. The summed E-state index contributed by atoms with van der Waals surface area (Å²) in [5.41, 5.74) is 5.36. The van der Waals surface area contributed by atoms with Gasteiger partial charge < -0.3 is 16.2 Å². The smallest absolute Gasteiger partial charge is 0.0815 e. The second kappa shape index (κ2) is 4.70. The lowest BCUT2D eigenvalue weighted by atomic mass is 10.1. The summed E-state index contributed by atoms with van der Waals surface area (Å²) in [6.07, 6.45) is 4.44. The van der Waals surface area contributed by atoms with E-state index in [1.165, 1.54) is 19.3 Å². The molecule has 0 radical (unpaired) electrons. The van der Waals surface area contributed by atoms with Gasteiger partial charge in [0.25, 0.3) is 0 Å². The van der Waals surface area contributed by atoms with Gasteiger partial charge >= 0.3 is 0 Å². The van der Waals surface area contributed by atoms with Gasteiger partial charge in [0.15, 0.2) is 0 Å². The van der Waals surface area contributed by atoms with Gasteiger partial charge in [-0.05, 0) is 19.4 Å². The van der Waals surface area contributed by atoms with Crippen molar-refractivity contribution in [1.82, 2.24) is 5.32 Å². The van der Waals surface area contributed by atoms with Gasteiger partial charge in [-0.3, -0.25) is 0 Å². The third kappa shape index (κ3) is 2.77. The highest BCUT2D eigenvalue weighted by atomic mass is 16.3. The van der Waals surface area contributed by atoms with Crippen molar-refractivity contribution in [1.29, 1.82) is 0 Å². The quantitative estimate of drug-likeness (QED) is 0.523. The number of aliphatic hydroxyl groups is 1. The van der Waals surface area contributed by atoms with Crippen molar-refractivity contribution in [2.75, 3.05) is 13.1 Å². The largest absolute Gasteiger partial charge is 0.390 e. The van der Waals surface area contributed by atoms with Crippen molar-refractivity contribution in [2.24, 2.45) is 5.73 Å². The van der Waals surface area contributed by atoms with Crippen molar-refractivity contribution < 1.29 is 5.11 Å². The Morgan fingerprint density at radius 2 is 2.27 bits per heavy atom. The third-order valence-corrected chi connectivity index (χ3v) is 2.30. The van der Waals surface area contributed by atoms with E-state index in [-0.39, 0.29) is 12.1 Å². The van der Waals surface area contributed by atoms with E-state index < -0.39 is 0 Å².